The number of hydrogen-bond donors (Lipinski definition) is 0. The maximum atomic E-state index is 12.4. The molecule has 0 bridgehead atoms. The lowest BCUT2D eigenvalue weighted by Crippen LogP contribution is -2.01. The monoisotopic (exact) mass is 333 g/mol. The van der Waals surface area contributed by atoms with Crippen molar-refractivity contribution in [1.29, 1.82) is 0 Å². The third kappa shape index (κ3) is 3.53. The molecule has 0 aliphatic carbocycles. The second-order valence-corrected chi connectivity index (χ2v) is 5.44. The van der Waals surface area contributed by atoms with Gasteiger partial charge < -0.3 is 0 Å². The van der Waals surface area contributed by atoms with Crippen molar-refractivity contribution in [2.45, 2.75) is 6.92 Å². The highest BCUT2D eigenvalue weighted by atomic mass is 16.6. The van der Waals surface area contributed by atoms with Crippen LogP contribution in [-0.2, 0) is 0 Å². The third-order valence-electron chi connectivity index (χ3n) is 3.81. The van der Waals surface area contributed by atoms with E-state index < -0.39 is 4.92 Å². The number of carbonyl (C=O) groups is 1. The van der Waals surface area contributed by atoms with Crippen LogP contribution in [0.25, 0.3) is 11.8 Å². The predicted molar refractivity (Wildman–Crippen MR) is 94.8 cm³/mol. The zero-order valence-electron chi connectivity index (χ0n) is 13.5. The maximum Gasteiger partial charge on any atom is 0.269 e. The molecule has 0 unspecified atom stereocenters. The maximum absolute atomic E-state index is 12.4. The molecule has 2 aromatic carbocycles. The van der Waals surface area contributed by atoms with Gasteiger partial charge in [-0.25, -0.2) is 4.68 Å². The Balaban J connectivity index is 1.80. The van der Waals surface area contributed by atoms with Gasteiger partial charge in [0.25, 0.3) is 5.69 Å². The van der Waals surface area contributed by atoms with Crippen molar-refractivity contribution in [2.24, 2.45) is 0 Å². The number of allylic oxidation sites excluding steroid dienone is 1. The molecule has 0 saturated carbocycles. The summed E-state index contributed by atoms with van der Waals surface area (Å²) in [7, 11) is 0. The van der Waals surface area contributed by atoms with Crippen molar-refractivity contribution in [3.05, 3.63) is 93.8 Å². The van der Waals surface area contributed by atoms with E-state index in [1.165, 1.54) is 18.2 Å². The van der Waals surface area contributed by atoms with Crippen LogP contribution >= 0.6 is 0 Å². The normalized spacial score (nSPS) is 10.9. The zero-order valence-corrected chi connectivity index (χ0v) is 13.5. The zero-order chi connectivity index (χ0) is 17.8. The fourth-order valence-electron chi connectivity index (χ4n) is 2.45. The highest BCUT2D eigenvalue weighted by molar-refractivity contribution is 6.07. The van der Waals surface area contributed by atoms with Crippen LogP contribution in [0.1, 0.15) is 21.6 Å². The van der Waals surface area contributed by atoms with E-state index in [1.807, 2.05) is 37.3 Å². The number of rotatable bonds is 5. The largest absolute Gasteiger partial charge is 0.289 e. The van der Waals surface area contributed by atoms with Gasteiger partial charge in [-0.3, -0.25) is 14.9 Å². The van der Waals surface area contributed by atoms with Gasteiger partial charge in [0.2, 0.25) is 0 Å². The molecule has 6 heteroatoms. The standard InChI is InChI=1S/C19H15N3O3/c1-14-18(13-20-21(14)16-5-3-2-4-6-16)19(23)12-9-15-7-10-17(11-8-15)22(24)25/h2-13H,1H3. The fraction of sp³-hybridized carbons (Fsp3) is 0.0526. The van der Waals surface area contributed by atoms with Crippen LogP contribution in [-0.4, -0.2) is 20.5 Å². The molecule has 0 spiro atoms. The minimum Gasteiger partial charge on any atom is -0.289 e. The first kappa shape index (κ1) is 16.3. The van der Waals surface area contributed by atoms with Crippen molar-refractivity contribution in [1.82, 2.24) is 9.78 Å². The first-order valence-corrected chi connectivity index (χ1v) is 7.63. The average molecular weight is 333 g/mol. The summed E-state index contributed by atoms with van der Waals surface area (Å²) >= 11 is 0. The van der Waals surface area contributed by atoms with Gasteiger partial charge in [-0.1, -0.05) is 24.3 Å². The molecule has 0 saturated heterocycles. The van der Waals surface area contributed by atoms with E-state index in [2.05, 4.69) is 5.10 Å². The number of ketones is 1. The predicted octanol–water partition coefficient (Wildman–Crippen LogP) is 3.99. The molecule has 0 amide bonds. The van der Waals surface area contributed by atoms with Crippen LogP contribution in [0.5, 0.6) is 0 Å². The van der Waals surface area contributed by atoms with Gasteiger partial charge in [-0.2, -0.15) is 5.10 Å². The summed E-state index contributed by atoms with van der Waals surface area (Å²) in [6.07, 6.45) is 4.62. The molecule has 0 N–H and O–H groups in total. The Labute approximate surface area is 144 Å². The molecule has 0 aliphatic heterocycles. The molecule has 6 nitrogen and oxygen atoms in total. The van der Waals surface area contributed by atoms with Crippen LogP contribution in [0, 0.1) is 17.0 Å². The van der Waals surface area contributed by atoms with Crippen molar-refractivity contribution >= 4 is 17.5 Å². The van der Waals surface area contributed by atoms with Crippen LogP contribution in [0.3, 0.4) is 0 Å². The van der Waals surface area contributed by atoms with Crippen LogP contribution in [0.4, 0.5) is 5.69 Å². The molecule has 0 fully saturated rings. The number of nitrogens with zero attached hydrogens (tertiary/aromatic N) is 3. The van der Waals surface area contributed by atoms with Crippen molar-refractivity contribution < 1.29 is 9.72 Å². The minimum atomic E-state index is -0.458. The smallest absolute Gasteiger partial charge is 0.269 e. The van der Waals surface area contributed by atoms with E-state index in [0.717, 1.165) is 11.4 Å². The average Bonchev–Trinajstić information content (AvgIpc) is 3.02. The number of benzene rings is 2. The molecule has 1 aromatic heterocycles. The SMILES string of the molecule is Cc1c(C(=O)C=Cc2ccc([N+](=O)[O-])cc2)cnn1-c1ccccc1. The number of para-hydroxylation sites is 1. The van der Waals surface area contributed by atoms with Gasteiger partial charge in [-0.15, -0.1) is 0 Å². The minimum absolute atomic E-state index is 0.0171. The molecule has 3 aromatic rings. The topological polar surface area (TPSA) is 78.0 Å². The Morgan fingerprint density at radius 2 is 1.80 bits per heavy atom. The van der Waals surface area contributed by atoms with Crippen LogP contribution in [0.15, 0.2) is 66.9 Å². The Hall–Kier alpha value is -3.54. The Kier molecular flexibility index (Phi) is 4.52. The number of hydrogen-bond acceptors (Lipinski definition) is 4. The Bertz CT molecular complexity index is 942. The summed E-state index contributed by atoms with van der Waals surface area (Å²) < 4.78 is 1.72. The van der Waals surface area contributed by atoms with E-state index in [0.29, 0.717) is 11.1 Å². The second kappa shape index (κ2) is 6.92. The number of nitro groups is 1. The summed E-state index contributed by atoms with van der Waals surface area (Å²) in [6, 6.07) is 15.6. The van der Waals surface area contributed by atoms with Gasteiger partial charge in [0.1, 0.15) is 0 Å². The number of non-ortho nitro benzene ring substituents is 1. The van der Waals surface area contributed by atoms with E-state index in [-0.39, 0.29) is 11.5 Å². The summed E-state index contributed by atoms with van der Waals surface area (Å²) in [5.74, 6) is -0.168. The van der Waals surface area contributed by atoms with Gasteiger partial charge in [-0.05, 0) is 42.8 Å². The van der Waals surface area contributed by atoms with Crippen molar-refractivity contribution in [3.8, 4) is 5.69 Å². The van der Waals surface area contributed by atoms with Gasteiger partial charge in [0.05, 0.1) is 28.1 Å². The first-order valence-electron chi connectivity index (χ1n) is 7.63. The molecule has 25 heavy (non-hydrogen) atoms. The fourth-order valence-corrected chi connectivity index (χ4v) is 2.45. The molecule has 0 aliphatic rings. The summed E-state index contributed by atoms with van der Waals surface area (Å²) in [5, 5.41) is 14.9. The quantitative estimate of drug-likeness (QED) is 0.306. The summed E-state index contributed by atoms with van der Waals surface area (Å²) in [6.45, 7) is 1.84. The number of nitro benzene ring substituents is 1. The molecule has 0 radical (unpaired) electrons. The molecule has 0 atom stereocenters. The Morgan fingerprint density at radius 1 is 1.12 bits per heavy atom. The molecule has 1 heterocycles. The lowest BCUT2D eigenvalue weighted by Gasteiger charge is -2.04. The van der Waals surface area contributed by atoms with E-state index >= 15 is 0 Å². The molecule has 3 rings (SSSR count). The lowest BCUT2D eigenvalue weighted by molar-refractivity contribution is -0.384. The summed E-state index contributed by atoms with van der Waals surface area (Å²) in [4.78, 5) is 22.6. The lowest BCUT2D eigenvalue weighted by atomic mass is 10.1. The number of carbonyl (C=O) groups excluding carboxylic acids is 1. The molecule has 124 valence electrons. The van der Waals surface area contributed by atoms with Gasteiger partial charge in [0, 0.05) is 12.1 Å². The van der Waals surface area contributed by atoms with Crippen LogP contribution in [0.2, 0.25) is 0 Å². The van der Waals surface area contributed by atoms with E-state index in [1.54, 1.807) is 29.1 Å². The molecular formula is C19H15N3O3. The number of aromatic nitrogens is 2. The van der Waals surface area contributed by atoms with E-state index in [4.69, 9.17) is 0 Å². The highest BCUT2D eigenvalue weighted by Gasteiger charge is 2.13. The Morgan fingerprint density at radius 3 is 2.44 bits per heavy atom. The third-order valence-corrected chi connectivity index (χ3v) is 3.81. The molecular weight excluding hydrogens is 318 g/mol. The summed E-state index contributed by atoms with van der Waals surface area (Å²) in [5.41, 5.74) is 2.89. The first-order chi connectivity index (χ1) is 12.1. The van der Waals surface area contributed by atoms with Gasteiger partial charge >= 0.3 is 0 Å². The second-order valence-electron chi connectivity index (χ2n) is 5.44. The van der Waals surface area contributed by atoms with Crippen LogP contribution < -0.4 is 0 Å². The van der Waals surface area contributed by atoms with Crippen molar-refractivity contribution in [2.75, 3.05) is 0 Å². The van der Waals surface area contributed by atoms with Crippen molar-refractivity contribution in [3.63, 3.8) is 0 Å². The highest BCUT2D eigenvalue weighted by Crippen LogP contribution is 2.16. The van der Waals surface area contributed by atoms with Gasteiger partial charge in [0.15, 0.2) is 5.78 Å². The van der Waals surface area contributed by atoms with E-state index in [9.17, 15) is 14.9 Å².